The van der Waals surface area contributed by atoms with Crippen molar-refractivity contribution < 1.29 is 14.3 Å². The van der Waals surface area contributed by atoms with Gasteiger partial charge in [-0.3, -0.25) is 4.90 Å². The van der Waals surface area contributed by atoms with Crippen molar-refractivity contribution >= 4 is 6.09 Å². The lowest BCUT2D eigenvalue weighted by atomic mass is 10.1. The van der Waals surface area contributed by atoms with E-state index in [1.54, 1.807) is 4.90 Å². The zero-order valence-corrected chi connectivity index (χ0v) is 8.44. The van der Waals surface area contributed by atoms with Gasteiger partial charge in [0, 0.05) is 32.2 Å². The van der Waals surface area contributed by atoms with E-state index in [0.717, 1.165) is 39.4 Å². The largest absolute Gasteiger partial charge is 0.453 e. The highest BCUT2D eigenvalue weighted by atomic mass is 16.5. The van der Waals surface area contributed by atoms with Crippen LogP contribution in [0.2, 0.25) is 0 Å². The molecule has 0 aliphatic carbocycles. The van der Waals surface area contributed by atoms with Gasteiger partial charge >= 0.3 is 6.09 Å². The molecule has 0 radical (unpaired) electrons. The molecule has 80 valence electrons. The Morgan fingerprint density at radius 3 is 2.57 bits per heavy atom. The Hall–Kier alpha value is -0.810. The maximum absolute atomic E-state index is 11.1. The van der Waals surface area contributed by atoms with Crippen LogP contribution in [-0.4, -0.2) is 68.4 Å². The van der Waals surface area contributed by atoms with Gasteiger partial charge in [-0.25, -0.2) is 4.79 Å². The maximum Gasteiger partial charge on any atom is 0.409 e. The molecule has 5 nitrogen and oxygen atoms in total. The second-order valence-electron chi connectivity index (χ2n) is 3.68. The molecule has 14 heavy (non-hydrogen) atoms. The smallest absolute Gasteiger partial charge is 0.409 e. The van der Waals surface area contributed by atoms with Crippen molar-refractivity contribution in [3.05, 3.63) is 0 Å². The number of amides is 1. The summed E-state index contributed by atoms with van der Waals surface area (Å²) in [5.74, 6) is 0. The van der Waals surface area contributed by atoms with Crippen LogP contribution in [0.25, 0.3) is 0 Å². The van der Waals surface area contributed by atoms with Crippen LogP contribution < -0.4 is 0 Å². The predicted octanol–water partition coefficient (Wildman–Crippen LogP) is -0.231. The number of hydrogen-bond acceptors (Lipinski definition) is 4. The molecule has 0 unspecified atom stereocenters. The Bertz CT molecular complexity index is 210. The van der Waals surface area contributed by atoms with Gasteiger partial charge in [0.2, 0.25) is 0 Å². The van der Waals surface area contributed by atoms with Gasteiger partial charge in [-0.1, -0.05) is 0 Å². The molecule has 2 aliphatic heterocycles. The van der Waals surface area contributed by atoms with Gasteiger partial charge in [0.05, 0.1) is 20.3 Å². The Morgan fingerprint density at radius 2 is 2.00 bits per heavy atom. The molecule has 0 aromatic heterocycles. The number of likely N-dealkylation sites (tertiary alicyclic amines) is 1. The van der Waals surface area contributed by atoms with Crippen molar-refractivity contribution in [2.75, 3.05) is 46.5 Å². The third-order valence-electron chi connectivity index (χ3n) is 2.86. The van der Waals surface area contributed by atoms with E-state index in [9.17, 15) is 4.79 Å². The summed E-state index contributed by atoms with van der Waals surface area (Å²) in [7, 11) is 1.42. The molecule has 2 heterocycles. The van der Waals surface area contributed by atoms with Gasteiger partial charge < -0.3 is 14.4 Å². The lowest BCUT2D eigenvalue weighted by molar-refractivity contribution is -0.0281. The van der Waals surface area contributed by atoms with Gasteiger partial charge in [-0.15, -0.1) is 0 Å². The van der Waals surface area contributed by atoms with Gasteiger partial charge in [0.25, 0.3) is 0 Å². The first-order valence-electron chi connectivity index (χ1n) is 4.96. The number of morpholine rings is 1. The third-order valence-corrected chi connectivity index (χ3v) is 2.86. The first-order valence-corrected chi connectivity index (χ1v) is 4.96. The van der Waals surface area contributed by atoms with Crippen molar-refractivity contribution in [2.24, 2.45) is 0 Å². The lowest BCUT2D eigenvalue weighted by Crippen LogP contribution is -2.62. The number of methoxy groups -OCH3 is 1. The average molecular weight is 200 g/mol. The zero-order chi connectivity index (χ0) is 9.97. The molecule has 2 fully saturated rings. The topological polar surface area (TPSA) is 42.0 Å². The van der Waals surface area contributed by atoms with Crippen LogP contribution in [-0.2, 0) is 9.47 Å². The fourth-order valence-corrected chi connectivity index (χ4v) is 1.91. The van der Waals surface area contributed by atoms with Crippen LogP contribution in [0.3, 0.4) is 0 Å². The minimum Gasteiger partial charge on any atom is -0.453 e. The summed E-state index contributed by atoms with van der Waals surface area (Å²) in [5, 5.41) is 0. The van der Waals surface area contributed by atoms with Crippen molar-refractivity contribution in [1.29, 1.82) is 0 Å². The molecule has 1 amide bonds. The predicted molar refractivity (Wildman–Crippen MR) is 50.2 cm³/mol. The molecular formula is C9H16N2O3. The van der Waals surface area contributed by atoms with E-state index < -0.39 is 0 Å². The van der Waals surface area contributed by atoms with E-state index in [1.807, 2.05) is 0 Å². The average Bonchev–Trinajstić information content (AvgIpc) is 2.17. The standard InChI is InChI=1S/C9H16N2O3/c1-13-9(12)11-6-8(7-11)10-2-4-14-5-3-10/h8H,2-7H2,1H3. The lowest BCUT2D eigenvalue weighted by Gasteiger charge is -2.45. The minimum absolute atomic E-state index is 0.213. The van der Waals surface area contributed by atoms with Crippen molar-refractivity contribution in [1.82, 2.24) is 9.80 Å². The summed E-state index contributed by atoms with van der Waals surface area (Å²) >= 11 is 0. The molecule has 0 saturated carbocycles. The highest BCUT2D eigenvalue weighted by Gasteiger charge is 2.35. The third kappa shape index (κ3) is 1.83. The highest BCUT2D eigenvalue weighted by molar-refractivity contribution is 5.68. The number of hydrogen-bond donors (Lipinski definition) is 0. The molecule has 0 bridgehead atoms. The summed E-state index contributed by atoms with van der Waals surface area (Å²) < 4.78 is 9.90. The molecule has 0 atom stereocenters. The minimum atomic E-state index is -0.213. The Balaban J connectivity index is 1.73. The second-order valence-corrected chi connectivity index (χ2v) is 3.68. The van der Waals surface area contributed by atoms with Gasteiger partial charge in [0.1, 0.15) is 0 Å². The quantitative estimate of drug-likeness (QED) is 0.586. The van der Waals surface area contributed by atoms with Gasteiger partial charge in [0.15, 0.2) is 0 Å². The van der Waals surface area contributed by atoms with Crippen LogP contribution in [0.15, 0.2) is 0 Å². The SMILES string of the molecule is COC(=O)N1CC(N2CCOCC2)C1. The zero-order valence-electron chi connectivity index (χ0n) is 8.44. The highest BCUT2D eigenvalue weighted by Crippen LogP contribution is 2.16. The molecule has 0 N–H and O–H groups in total. The van der Waals surface area contributed by atoms with E-state index in [0.29, 0.717) is 6.04 Å². The first kappa shape index (κ1) is 9.73. The number of ether oxygens (including phenoxy) is 2. The molecule has 2 rings (SSSR count). The molecule has 2 saturated heterocycles. The Labute approximate surface area is 83.6 Å². The summed E-state index contributed by atoms with van der Waals surface area (Å²) in [6.07, 6.45) is -0.213. The molecule has 2 aliphatic rings. The summed E-state index contributed by atoms with van der Waals surface area (Å²) in [6, 6.07) is 0.512. The fourth-order valence-electron chi connectivity index (χ4n) is 1.91. The van der Waals surface area contributed by atoms with Crippen LogP contribution in [0.1, 0.15) is 0 Å². The van der Waals surface area contributed by atoms with Crippen LogP contribution in [0.5, 0.6) is 0 Å². The van der Waals surface area contributed by atoms with Crippen molar-refractivity contribution in [3.63, 3.8) is 0 Å². The van der Waals surface area contributed by atoms with Crippen molar-refractivity contribution in [2.45, 2.75) is 6.04 Å². The fraction of sp³-hybridized carbons (Fsp3) is 0.889. The Kier molecular flexibility index (Phi) is 2.88. The summed E-state index contributed by atoms with van der Waals surface area (Å²) in [6.45, 7) is 5.20. The molecular weight excluding hydrogens is 184 g/mol. The van der Waals surface area contributed by atoms with Gasteiger partial charge in [-0.05, 0) is 0 Å². The van der Waals surface area contributed by atoms with E-state index in [1.165, 1.54) is 7.11 Å². The van der Waals surface area contributed by atoms with E-state index in [-0.39, 0.29) is 6.09 Å². The van der Waals surface area contributed by atoms with E-state index >= 15 is 0 Å². The summed E-state index contributed by atoms with van der Waals surface area (Å²) in [5.41, 5.74) is 0. The second kappa shape index (κ2) is 4.14. The monoisotopic (exact) mass is 200 g/mol. The molecule has 5 heteroatoms. The van der Waals surface area contributed by atoms with Crippen LogP contribution in [0.4, 0.5) is 4.79 Å². The van der Waals surface area contributed by atoms with Crippen molar-refractivity contribution in [3.8, 4) is 0 Å². The molecule has 0 spiro atoms. The molecule has 0 aromatic carbocycles. The van der Waals surface area contributed by atoms with E-state index in [2.05, 4.69) is 9.64 Å². The summed E-state index contributed by atoms with van der Waals surface area (Å²) in [4.78, 5) is 15.2. The molecule has 0 aromatic rings. The Morgan fingerprint density at radius 1 is 1.36 bits per heavy atom. The first-order chi connectivity index (χ1) is 6.81. The number of nitrogens with zero attached hydrogens (tertiary/aromatic N) is 2. The number of carbonyl (C=O) groups excluding carboxylic acids is 1. The van der Waals surface area contributed by atoms with Crippen LogP contribution >= 0.6 is 0 Å². The normalized spacial score (nSPS) is 24.5. The number of carbonyl (C=O) groups is 1. The maximum atomic E-state index is 11.1. The number of rotatable bonds is 1. The van der Waals surface area contributed by atoms with Gasteiger partial charge in [-0.2, -0.15) is 0 Å². The van der Waals surface area contributed by atoms with Crippen LogP contribution in [0, 0.1) is 0 Å². The van der Waals surface area contributed by atoms with E-state index in [4.69, 9.17) is 4.74 Å².